The molecule has 0 unspecified atom stereocenters. The van der Waals surface area contributed by atoms with E-state index >= 15 is 0 Å². The molecule has 9 nitrogen and oxygen atoms in total. The van der Waals surface area contributed by atoms with E-state index in [4.69, 9.17) is 9.72 Å². The standard InChI is InChI=1S/C30H43N3O6S/c1-17(2)12-19(15-34)31-25(37)13-21-26-22(14-23-29(21,3)11-10-24(36)30(23,4)16-35)40-28(32-26)33-27(38)18-6-8-20(39-5)9-7-18/h6-9,17,19,21,23-24,34-36H,10-16H2,1-5H3,(H,31,37)(H,32,33,38)/t19-,21-,23+,24-,29+,30+/m1/s1. The third kappa shape index (κ3) is 5.91. The number of aliphatic hydroxyl groups excluding tert-OH is 3. The van der Waals surface area contributed by atoms with E-state index in [1.165, 1.54) is 11.3 Å². The minimum atomic E-state index is -0.735. The van der Waals surface area contributed by atoms with Crippen LogP contribution >= 0.6 is 11.3 Å². The number of benzene rings is 1. The maximum Gasteiger partial charge on any atom is 0.257 e. The summed E-state index contributed by atoms with van der Waals surface area (Å²) < 4.78 is 5.18. The van der Waals surface area contributed by atoms with Crippen molar-refractivity contribution in [2.45, 2.75) is 77.9 Å². The fourth-order valence-electron chi connectivity index (χ4n) is 6.83. The lowest BCUT2D eigenvalue weighted by atomic mass is 9.47. The lowest BCUT2D eigenvalue weighted by molar-refractivity contribution is -0.144. The molecule has 1 fully saturated rings. The Morgan fingerprint density at radius 3 is 2.50 bits per heavy atom. The van der Waals surface area contributed by atoms with Crippen molar-refractivity contribution < 1.29 is 29.6 Å². The van der Waals surface area contributed by atoms with Gasteiger partial charge in [0.25, 0.3) is 5.91 Å². The Labute approximate surface area is 240 Å². The molecule has 0 saturated heterocycles. The number of hydrogen-bond acceptors (Lipinski definition) is 8. The van der Waals surface area contributed by atoms with Crippen molar-refractivity contribution in [3.05, 3.63) is 40.4 Å². The Kier molecular flexibility index (Phi) is 9.24. The third-order valence-corrected chi connectivity index (χ3v) is 10.2. The van der Waals surface area contributed by atoms with Crippen LogP contribution < -0.4 is 15.4 Å². The zero-order valence-corrected chi connectivity index (χ0v) is 24.9. The molecule has 40 heavy (non-hydrogen) atoms. The Bertz CT molecular complexity index is 1200. The summed E-state index contributed by atoms with van der Waals surface area (Å²) in [7, 11) is 1.57. The molecule has 5 N–H and O–H groups in total. The number of aliphatic hydroxyl groups is 3. The number of methoxy groups -OCH3 is 1. The van der Waals surface area contributed by atoms with Crippen molar-refractivity contribution in [3.8, 4) is 5.75 Å². The first-order chi connectivity index (χ1) is 18.9. The Balaban J connectivity index is 1.66. The second-order valence-corrected chi connectivity index (χ2v) is 13.4. The van der Waals surface area contributed by atoms with E-state index in [9.17, 15) is 24.9 Å². The van der Waals surface area contributed by atoms with Gasteiger partial charge in [-0.2, -0.15) is 0 Å². The first-order valence-corrected chi connectivity index (χ1v) is 14.9. The number of ether oxygens (including phenoxy) is 1. The number of fused-ring (bicyclic) bond motifs is 2. The third-order valence-electron chi connectivity index (χ3n) is 9.20. The van der Waals surface area contributed by atoms with Crippen LogP contribution in [0.15, 0.2) is 24.3 Å². The number of thiazole rings is 1. The van der Waals surface area contributed by atoms with Crippen LogP contribution in [0.25, 0.3) is 0 Å². The van der Waals surface area contributed by atoms with E-state index in [0.717, 1.165) is 10.6 Å². The molecule has 2 amide bonds. The molecule has 4 rings (SSSR count). The number of amides is 2. The highest BCUT2D eigenvalue weighted by atomic mass is 32.1. The summed E-state index contributed by atoms with van der Waals surface area (Å²) in [6, 6.07) is 6.49. The van der Waals surface area contributed by atoms with Gasteiger partial charge in [0, 0.05) is 28.2 Å². The van der Waals surface area contributed by atoms with Crippen LogP contribution in [0.5, 0.6) is 5.75 Å². The molecule has 0 radical (unpaired) electrons. The van der Waals surface area contributed by atoms with Gasteiger partial charge in [0.05, 0.1) is 38.2 Å². The first-order valence-electron chi connectivity index (χ1n) is 14.1. The summed E-state index contributed by atoms with van der Waals surface area (Å²) in [4.78, 5) is 32.2. The first kappa shape index (κ1) is 30.4. The van der Waals surface area contributed by atoms with Crippen LogP contribution in [0.4, 0.5) is 5.13 Å². The lowest BCUT2D eigenvalue weighted by Gasteiger charge is -2.58. The fourth-order valence-corrected chi connectivity index (χ4v) is 7.89. The molecule has 0 bridgehead atoms. The van der Waals surface area contributed by atoms with Crippen LogP contribution in [-0.4, -0.2) is 64.6 Å². The van der Waals surface area contributed by atoms with E-state index in [-0.39, 0.29) is 49.3 Å². The van der Waals surface area contributed by atoms with Crippen LogP contribution in [0.1, 0.15) is 80.2 Å². The molecule has 1 aromatic heterocycles. The van der Waals surface area contributed by atoms with Gasteiger partial charge in [-0.05, 0) is 67.2 Å². The van der Waals surface area contributed by atoms with E-state index in [1.807, 2.05) is 20.8 Å². The van der Waals surface area contributed by atoms with E-state index < -0.39 is 16.9 Å². The molecule has 220 valence electrons. The molecule has 1 saturated carbocycles. The lowest BCUT2D eigenvalue weighted by Crippen LogP contribution is -2.58. The minimum Gasteiger partial charge on any atom is -0.497 e. The van der Waals surface area contributed by atoms with Gasteiger partial charge in [0.2, 0.25) is 5.91 Å². The summed E-state index contributed by atoms with van der Waals surface area (Å²) in [6.07, 6.45) is 1.99. The molecule has 1 heterocycles. The largest absolute Gasteiger partial charge is 0.497 e. The van der Waals surface area contributed by atoms with Gasteiger partial charge in [-0.3, -0.25) is 14.9 Å². The van der Waals surface area contributed by atoms with Gasteiger partial charge in [0.1, 0.15) is 5.75 Å². The van der Waals surface area contributed by atoms with Gasteiger partial charge >= 0.3 is 0 Å². The van der Waals surface area contributed by atoms with Crippen molar-refractivity contribution in [3.63, 3.8) is 0 Å². The van der Waals surface area contributed by atoms with Gasteiger partial charge in [0.15, 0.2) is 5.13 Å². The fraction of sp³-hybridized carbons (Fsp3) is 0.633. The average molecular weight is 574 g/mol. The SMILES string of the molecule is COc1ccc(C(=O)Nc2nc3c(s2)C[C@@H]2[C@](C)(CO)[C@H](O)CC[C@@]2(C)[C@@H]3CC(=O)N[C@@H](CO)CC(C)C)cc1. The monoisotopic (exact) mass is 573 g/mol. The second-order valence-electron chi connectivity index (χ2n) is 12.3. The topological polar surface area (TPSA) is 141 Å². The number of hydrogen-bond donors (Lipinski definition) is 5. The van der Waals surface area contributed by atoms with Gasteiger partial charge in [-0.25, -0.2) is 4.98 Å². The molecule has 2 aromatic rings. The molecule has 10 heteroatoms. The Morgan fingerprint density at radius 1 is 1.20 bits per heavy atom. The van der Waals surface area contributed by atoms with Crippen LogP contribution in [0.3, 0.4) is 0 Å². The highest BCUT2D eigenvalue weighted by molar-refractivity contribution is 7.15. The highest BCUT2D eigenvalue weighted by Crippen LogP contribution is 2.62. The summed E-state index contributed by atoms with van der Waals surface area (Å²) in [5.74, 6) is 0.160. The van der Waals surface area contributed by atoms with E-state index in [0.29, 0.717) is 48.0 Å². The van der Waals surface area contributed by atoms with Crippen molar-refractivity contribution in [2.24, 2.45) is 22.7 Å². The van der Waals surface area contributed by atoms with Crippen molar-refractivity contribution in [2.75, 3.05) is 25.6 Å². The van der Waals surface area contributed by atoms with E-state index in [1.54, 1.807) is 31.4 Å². The van der Waals surface area contributed by atoms with Gasteiger partial charge in [-0.1, -0.05) is 27.7 Å². The molecular weight excluding hydrogens is 530 g/mol. The summed E-state index contributed by atoms with van der Waals surface area (Å²) >= 11 is 1.39. The number of aromatic nitrogens is 1. The maximum absolute atomic E-state index is 13.4. The predicted molar refractivity (Wildman–Crippen MR) is 155 cm³/mol. The van der Waals surface area contributed by atoms with Gasteiger partial charge < -0.3 is 25.4 Å². The summed E-state index contributed by atoms with van der Waals surface area (Å²) in [6.45, 7) is 7.88. The number of anilines is 1. The molecule has 6 atom stereocenters. The predicted octanol–water partition coefficient (Wildman–Crippen LogP) is 3.73. The molecule has 1 aromatic carbocycles. The van der Waals surface area contributed by atoms with Crippen molar-refractivity contribution in [1.29, 1.82) is 0 Å². The Hall–Kier alpha value is -2.53. The molecular formula is C30H43N3O6S. The van der Waals surface area contributed by atoms with Crippen molar-refractivity contribution in [1.82, 2.24) is 10.3 Å². The maximum atomic E-state index is 13.4. The molecule has 2 aliphatic carbocycles. The van der Waals surface area contributed by atoms with E-state index in [2.05, 4.69) is 17.6 Å². The zero-order valence-electron chi connectivity index (χ0n) is 24.1. The smallest absolute Gasteiger partial charge is 0.257 e. The van der Waals surface area contributed by atoms with Gasteiger partial charge in [-0.15, -0.1) is 11.3 Å². The average Bonchev–Trinajstić information content (AvgIpc) is 3.33. The quantitative estimate of drug-likeness (QED) is 0.292. The minimum absolute atomic E-state index is 0.0889. The molecule has 2 aliphatic rings. The second kappa shape index (κ2) is 12.1. The van der Waals surface area contributed by atoms with Crippen molar-refractivity contribution >= 4 is 28.3 Å². The summed E-state index contributed by atoms with van der Waals surface area (Å²) in [5, 5.41) is 37.7. The Morgan fingerprint density at radius 2 is 1.90 bits per heavy atom. The number of nitrogens with zero attached hydrogens (tertiary/aromatic N) is 1. The van der Waals surface area contributed by atoms with Crippen LogP contribution in [0, 0.1) is 22.7 Å². The molecule has 0 spiro atoms. The zero-order chi connectivity index (χ0) is 29.2. The normalized spacial score (nSPS) is 28.4. The number of carbonyl (C=O) groups excluding carboxylic acids is 2. The van der Waals surface area contributed by atoms with Crippen LogP contribution in [-0.2, 0) is 11.2 Å². The van der Waals surface area contributed by atoms with Crippen LogP contribution in [0.2, 0.25) is 0 Å². The highest BCUT2D eigenvalue weighted by Gasteiger charge is 2.59. The number of rotatable bonds is 10. The summed E-state index contributed by atoms with van der Waals surface area (Å²) in [5.41, 5.74) is 0.132. The number of nitrogens with one attached hydrogen (secondary N) is 2. The number of carbonyl (C=O) groups is 2. The molecule has 0 aliphatic heterocycles.